The molecule has 1 saturated heterocycles. The molecule has 2 aromatic rings. The molecule has 0 bridgehead atoms. The van der Waals surface area contributed by atoms with Crippen molar-refractivity contribution < 1.29 is 27.1 Å². The first-order valence-electron chi connectivity index (χ1n) is 7.65. The zero-order valence-corrected chi connectivity index (χ0v) is 13.1. The first kappa shape index (κ1) is 17.5. The molecular weight excluding hydrogens is 343 g/mol. The monoisotopic (exact) mass is 358 g/mol. The van der Waals surface area contributed by atoms with Crippen molar-refractivity contribution >= 4 is 5.69 Å². The third kappa shape index (κ3) is 3.39. The maximum absolute atomic E-state index is 13.8. The Balaban J connectivity index is 1.70. The first-order valence-corrected chi connectivity index (χ1v) is 7.65. The molecule has 134 valence electrons. The highest BCUT2D eigenvalue weighted by molar-refractivity contribution is 5.49. The standard InChI is InChI=1S/C17H15F5N2O/c18-13-12(14(19)16(21)17(22)15(13)20)9-23-5-7-24(8-6-23)10-1-3-11(25)4-2-10/h1-4,25H,5-9H2. The van der Waals surface area contributed by atoms with Crippen LogP contribution in [0.25, 0.3) is 0 Å². The second kappa shape index (κ2) is 6.87. The first-order chi connectivity index (χ1) is 11.9. The average molecular weight is 358 g/mol. The van der Waals surface area contributed by atoms with Crippen LogP contribution in [0.1, 0.15) is 5.56 Å². The molecule has 1 N–H and O–H groups in total. The van der Waals surface area contributed by atoms with Crippen molar-refractivity contribution in [1.29, 1.82) is 0 Å². The smallest absolute Gasteiger partial charge is 0.200 e. The van der Waals surface area contributed by atoms with Crippen LogP contribution in [-0.4, -0.2) is 36.2 Å². The van der Waals surface area contributed by atoms with Gasteiger partial charge in [-0.05, 0) is 24.3 Å². The minimum absolute atomic E-state index is 0.147. The average Bonchev–Trinajstić information content (AvgIpc) is 2.63. The minimum atomic E-state index is -2.14. The summed E-state index contributed by atoms with van der Waals surface area (Å²) in [4.78, 5) is 3.64. The van der Waals surface area contributed by atoms with E-state index in [0.29, 0.717) is 26.2 Å². The molecule has 2 aromatic carbocycles. The van der Waals surface area contributed by atoms with Crippen molar-refractivity contribution in [3.63, 3.8) is 0 Å². The van der Waals surface area contributed by atoms with E-state index in [-0.39, 0.29) is 12.3 Å². The number of halogens is 5. The van der Waals surface area contributed by atoms with Gasteiger partial charge in [-0.2, -0.15) is 0 Å². The second-order valence-corrected chi connectivity index (χ2v) is 5.83. The summed E-state index contributed by atoms with van der Waals surface area (Å²) in [5.74, 6) is -9.40. The number of hydrogen-bond acceptors (Lipinski definition) is 3. The summed E-state index contributed by atoms with van der Waals surface area (Å²) in [6.07, 6.45) is 0. The highest BCUT2D eigenvalue weighted by Crippen LogP contribution is 2.25. The van der Waals surface area contributed by atoms with E-state index in [0.717, 1.165) is 5.69 Å². The van der Waals surface area contributed by atoms with E-state index in [9.17, 15) is 27.1 Å². The fourth-order valence-corrected chi connectivity index (χ4v) is 2.84. The summed E-state index contributed by atoms with van der Waals surface area (Å²) < 4.78 is 67.1. The lowest BCUT2D eigenvalue weighted by molar-refractivity contribution is 0.238. The van der Waals surface area contributed by atoms with E-state index in [4.69, 9.17) is 0 Å². The zero-order valence-electron chi connectivity index (χ0n) is 13.1. The summed E-state index contributed by atoms with van der Waals surface area (Å²) in [6, 6.07) is 6.59. The molecule has 8 heteroatoms. The maximum atomic E-state index is 13.8. The lowest BCUT2D eigenvalue weighted by atomic mass is 10.1. The van der Waals surface area contributed by atoms with Gasteiger partial charge >= 0.3 is 0 Å². The van der Waals surface area contributed by atoms with Crippen molar-refractivity contribution in [3.05, 3.63) is 58.9 Å². The third-order valence-corrected chi connectivity index (χ3v) is 4.27. The van der Waals surface area contributed by atoms with Gasteiger partial charge in [0.15, 0.2) is 23.3 Å². The van der Waals surface area contributed by atoms with E-state index in [1.54, 1.807) is 29.2 Å². The summed E-state index contributed by atoms with van der Waals surface area (Å²) in [5.41, 5.74) is 0.0724. The van der Waals surface area contributed by atoms with E-state index >= 15 is 0 Å². The predicted molar refractivity (Wildman–Crippen MR) is 81.8 cm³/mol. The van der Waals surface area contributed by atoms with Gasteiger partial charge < -0.3 is 10.0 Å². The van der Waals surface area contributed by atoms with Crippen molar-refractivity contribution in [2.45, 2.75) is 6.54 Å². The number of phenolic OH excluding ortho intramolecular Hbond substituents is 1. The Morgan fingerprint density at radius 2 is 1.20 bits per heavy atom. The molecule has 1 aliphatic heterocycles. The molecular formula is C17H15F5N2O. The van der Waals surface area contributed by atoms with Crippen LogP contribution >= 0.6 is 0 Å². The Hall–Kier alpha value is -2.35. The summed E-state index contributed by atoms with van der Waals surface area (Å²) in [6.45, 7) is 1.51. The van der Waals surface area contributed by atoms with Gasteiger partial charge in [-0.1, -0.05) is 0 Å². The Bertz CT molecular complexity index is 745. The molecule has 25 heavy (non-hydrogen) atoms. The van der Waals surface area contributed by atoms with Gasteiger partial charge in [0.25, 0.3) is 0 Å². The molecule has 1 fully saturated rings. The van der Waals surface area contributed by atoms with Gasteiger partial charge in [-0.25, -0.2) is 22.0 Å². The molecule has 1 aliphatic rings. The van der Waals surface area contributed by atoms with Crippen LogP contribution in [0.5, 0.6) is 5.75 Å². The fourth-order valence-electron chi connectivity index (χ4n) is 2.84. The number of rotatable bonds is 3. The van der Waals surface area contributed by atoms with Crippen molar-refractivity contribution in [1.82, 2.24) is 4.90 Å². The number of aromatic hydroxyl groups is 1. The maximum Gasteiger partial charge on any atom is 0.200 e. The zero-order chi connectivity index (χ0) is 18.1. The van der Waals surface area contributed by atoms with Gasteiger partial charge in [-0.15, -0.1) is 0 Å². The van der Waals surface area contributed by atoms with Crippen LogP contribution in [0, 0.1) is 29.1 Å². The van der Waals surface area contributed by atoms with E-state index in [1.807, 2.05) is 4.90 Å². The fraction of sp³-hybridized carbons (Fsp3) is 0.294. The van der Waals surface area contributed by atoms with Gasteiger partial charge in [0.05, 0.1) is 0 Å². The summed E-state index contributed by atoms with van der Waals surface area (Å²) in [5, 5.41) is 9.29. The van der Waals surface area contributed by atoms with Crippen molar-refractivity contribution in [2.75, 3.05) is 31.1 Å². The largest absolute Gasteiger partial charge is 0.508 e. The van der Waals surface area contributed by atoms with Crippen LogP contribution in [0.15, 0.2) is 24.3 Å². The molecule has 0 aliphatic carbocycles. The molecule has 3 nitrogen and oxygen atoms in total. The van der Waals surface area contributed by atoms with Crippen LogP contribution in [0.4, 0.5) is 27.6 Å². The van der Waals surface area contributed by atoms with Gasteiger partial charge in [-0.3, -0.25) is 4.90 Å². The van der Waals surface area contributed by atoms with Crippen LogP contribution < -0.4 is 4.90 Å². The molecule has 0 spiro atoms. The number of anilines is 1. The Labute approximate surface area is 140 Å². The molecule has 0 unspecified atom stereocenters. The molecule has 3 rings (SSSR count). The van der Waals surface area contributed by atoms with Gasteiger partial charge in [0.2, 0.25) is 5.82 Å². The van der Waals surface area contributed by atoms with Crippen molar-refractivity contribution in [3.8, 4) is 5.75 Å². The molecule has 0 atom stereocenters. The highest BCUT2D eigenvalue weighted by atomic mass is 19.2. The summed E-state index contributed by atoms with van der Waals surface area (Å²) >= 11 is 0. The third-order valence-electron chi connectivity index (χ3n) is 4.27. The SMILES string of the molecule is Oc1ccc(N2CCN(Cc3c(F)c(F)c(F)c(F)c3F)CC2)cc1. The predicted octanol–water partition coefficient (Wildman–Crippen LogP) is 3.41. The van der Waals surface area contributed by atoms with Gasteiger partial charge in [0.1, 0.15) is 5.75 Å². The topological polar surface area (TPSA) is 26.7 Å². The molecule has 0 saturated carbocycles. The minimum Gasteiger partial charge on any atom is -0.508 e. The van der Waals surface area contributed by atoms with Crippen LogP contribution in [0.2, 0.25) is 0 Å². The number of nitrogens with zero attached hydrogens (tertiary/aromatic N) is 2. The lowest BCUT2D eigenvalue weighted by Gasteiger charge is -2.36. The van der Waals surface area contributed by atoms with E-state index in [1.165, 1.54) is 0 Å². The highest BCUT2D eigenvalue weighted by Gasteiger charge is 2.27. The van der Waals surface area contributed by atoms with Crippen LogP contribution in [-0.2, 0) is 6.54 Å². The van der Waals surface area contributed by atoms with Crippen LogP contribution in [0.3, 0.4) is 0 Å². The van der Waals surface area contributed by atoms with Crippen molar-refractivity contribution in [2.24, 2.45) is 0 Å². The molecule has 1 heterocycles. The normalized spacial score (nSPS) is 15.6. The molecule has 0 radical (unpaired) electrons. The summed E-state index contributed by atoms with van der Waals surface area (Å²) in [7, 11) is 0. The number of benzene rings is 2. The molecule has 0 aromatic heterocycles. The lowest BCUT2D eigenvalue weighted by Crippen LogP contribution is -2.46. The Morgan fingerprint density at radius 1 is 0.720 bits per heavy atom. The Morgan fingerprint density at radius 3 is 1.72 bits per heavy atom. The Kier molecular flexibility index (Phi) is 4.80. The number of phenols is 1. The number of hydrogen-bond donors (Lipinski definition) is 1. The second-order valence-electron chi connectivity index (χ2n) is 5.83. The molecule has 0 amide bonds. The van der Waals surface area contributed by atoms with E-state index < -0.39 is 34.6 Å². The number of piperazine rings is 1. The van der Waals surface area contributed by atoms with Gasteiger partial charge in [0, 0.05) is 44.0 Å². The van der Waals surface area contributed by atoms with E-state index in [2.05, 4.69) is 0 Å². The quantitative estimate of drug-likeness (QED) is 0.518.